The van der Waals surface area contributed by atoms with Gasteiger partial charge in [-0.05, 0) is 148 Å². The molecule has 0 aliphatic heterocycles. The fraction of sp³-hybridized carbons (Fsp3) is 0.645. The van der Waals surface area contributed by atoms with E-state index < -0.39 is 6.10 Å². The van der Waals surface area contributed by atoms with Gasteiger partial charge in [-0.3, -0.25) is 14.4 Å². The first-order valence-electron chi connectivity index (χ1n) is 33.8. The first-order valence-corrected chi connectivity index (χ1v) is 33.8. The normalized spacial score (nSPS) is 13.1. The Balaban J connectivity index is 4.52. The molecule has 1 atom stereocenters. The van der Waals surface area contributed by atoms with Gasteiger partial charge in [0.05, 0.1) is 0 Å². The highest BCUT2D eigenvalue weighted by molar-refractivity contribution is 5.71. The van der Waals surface area contributed by atoms with Crippen LogP contribution in [0.5, 0.6) is 0 Å². The number of ether oxygens (including phenoxy) is 3. The Bertz CT molecular complexity index is 1780. The van der Waals surface area contributed by atoms with Crippen LogP contribution in [-0.2, 0) is 28.6 Å². The van der Waals surface area contributed by atoms with Crippen molar-refractivity contribution >= 4 is 17.9 Å². The van der Waals surface area contributed by atoms with Crippen molar-refractivity contribution in [2.75, 3.05) is 13.2 Å². The van der Waals surface area contributed by atoms with Gasteiger partial charge in [0, 0.05) is 19.3 Å². The van der Waals surface area contributed by atoms with Crippen LogP contribution >= 0.6 is 0 Å². The Morgan fingerprint density at radius 3 is 0.768 bits per heavy atom. The van der Waals surface area contributed by atoms with E-state index in [4.69, 9.17) is 14.2 Å². The van der Waals surface area contributed by atoms with Gasteiger partial charge in [0.1, 0.15) is 13.2 Å². The average Bonchev–Trinajstić information content (AvgIpc) is 3.47. The Morgan fingerprint density at radius 2 is 0.476 bits per heavy atom. The summed E-state index contributed by atoms with van der Waals surface area (Å²) in [6.07, 6.45) is 98.5. The first-order chi connectivity index (χ1) is 40.5. The minimum atomic E-state index is -0.811. The zero-order valence-corrected chi connectivity index (χ0v) is 53.2. The molecule has 0 bridgehead atoms. The van der Waals surface area contributed by atoms with E-state index in [0.717, 1.165) is 148 Å². The van der Waals surface area contributed by atoms with Crippen LogP contribution < -0.4 is 0 Å². The second kappa shape index (κ2) is 68.8. The van der Waals surface area contributed by atoms with E-state index >= 15 is 0 Å². The van der Waals surface area contributed by atoms with Crippen LogP contribution in [0.2, 0.25) is 0 Å². The molecule has 0 saturated carbocycles. The van der Waals surface area contributed by atoms with Gasteiger partial charge in [-0.15, -0.1) is 0 Å². The summed E-state index contributed by atoms with van der Waals surface area (Å²) in [6, 6.07) is 0. The molecule has 0 fully saturated rings. The van der Waals surface area contributed by atoms with E-state index in [0.29, 0.717) is 19.3 Å². The van der Waals surface area contributed by atoms with E-state index in [1.165, 1.54) is 109 Å². The lowest BCUT2D eigenvalue weighted by Gasteiger charge is -2.18. The largest absolute Gasteiger partial charge is 0.462 e. The maximum atomic E-state index is 12.9. The van der Waals surface area contributed by atoms with E-state index in [1.807, 2.05) is 0 Å². The summed E-state index contributed by atoms with van der Waals surface area (Å²) in [4.78, 5) is 38.4. The number of esters is 3. The molecular formula is C76H124O6. The fourth-order valence-electron chi connectivity index (χ4n) is 8.99. The summed E-state index contributed by atoms with van der Waals surface area (Å²) in [5.74, 6) is -0.954. The molecule has 0 rings (SSSR count). The Kier molecular flexibility index (Phi) is 64.8. The monoisotopic (exact) mass is 1130 g/mol. The predicted molar refractivity (Wildman–Crippen MR) is 357 cm³/mol. The summed E-state index contributed by atoms with van der Waals surface area (Å²) < 4.78 is 16.9. The summed E-state index contributed by atoms with van der Waals surface area (Å²) in [7, 11) is 0. The maximum absolute atomic E-state index is 12.9. The summed E-state index contributed by atoms with van der Waals surface area (Å²) in [5.41, 5.74) is 0. The molecule has 0 heterocycles. The van der Waals surface area contributed by atoms with E-state index in [2.05, 4.69) is 167 Å². The summed E-state index contributed by atoms with van der Waals surface area (Å²) in [6.45, 7) is 6.47. The van der Waals surface area contributed by atoms with Gasteiger partial charge in [-0.1, -0.05) is 276 Å². The molecule has 0 aliphatic carbocycles. The third kappa shape index (κ3) is 66.1. The Labute approximate surface area is 506 Å². The molecule has 1 unspecified atom stereocenters. The van der Waals surface area contributed by atoms with Crippen molar-refractivity contribution in [2.24, 2.45) is 0 Å². The average molecular weight is 1130 g/mol. The third-order valence-electron chi connectivity index (χ3n) is 14.0. The van der Waals surface area contributed by atoms with Crippen LogP contribution in [0.25, 0.3) is 0 Å². The molecule has 82 heavy (non-hydrogen) atoms. The second-order valence-corrected chi connectivity index (χ2v) is 22.0. The van der Waals surface area contributed by atoms with Crippen LogP contribution in [0.1, 0.15) is 297 Å². The van der Waals surface area contributed by atoms with Gasteiger partial charge < -0.3 is 14.2 Å². The number of unbranched alkanes of at least 4 members (excludes halogenated alkanes) is 25. The lowest BCUT2D eigenvalue weighted by molar-refractivity contribution is -0.167. The van der Waals surface area contributed by atoms with E-state index in [9.17, 15) is 14.4 Å². The Morgan fingerprint density at radius 1 is 0.256 bits per heavy atom. The molecule has 6 nitrogen and oxygen atoms in total. The number of hydrogen-bond donors (Lipinski definition) is 0. The molecule has 0 radical (unpaired) electrons. The van der Waals surface area contributed by atoms with Crippen molar-refractivity contribution in [2.45, 2.75) is 303 Å². The topological polar surface area (TPSA) is 78.9 Å². The van der Waals surface area contributed by atoms with E-state index in [-0.39, 0.29) is 31.1 Å². The van der Waals surface area contributed by atoms with Crippen molar-refractivity contribution in [1.29, 1.82) is 0 Å². The lowest BCUT2D eigenvalue weighted by atomic mass is 10.1. The van der Waals surface area contributed by atoms with Gasteiger partial charge in [0.25, 0.3) is 0 Å². The number of rotatable bonds is 60. The molecule has 0 aliphatic rings. The smallest absolute Gasteiger partial charge is 0.306 e. The first kappa shape index (κ1) is 77.3. The zero-order valence-electron chi connectivity index (χ0n) is 53.2. The van der Waals surface area contributed by atoms with Crippen LogP contribution in [-0.4, -0.2) is 37.2 Å². The van der Waals surface area contributed by atoms with Crippen LogP contribution in [0.4, 0.5) is 0 Å². The molecule has 0 aromatic heterocycles. The Hall–Kier alpha value is -4.71. The maximum Gasteiger partial charge on any atom is 0.306 e. The minimum absolute atomic E-state index is 0.103. The highest BCUT2D eigenvalue weighted by Crippen LogP contribution is 2.14. The number of carbonyl (C=O) groups excluding carboxylic acids is 3. The van der Waals surface area contributed by atoms with Crippen molar-refractivity contribution in [3.8, 4) is 0 Å². The zero-order chi connectivity index (χ0) is 59.2. The summed E-state index contributed by atoms with van der Waals surface area (Å²) in [5, 5.41) is 0. The van der Waals surface area contributed by atoms with Crippen molar-refractivity contribution < 1.29 is 28.6 Å². The molecule has 0 amide bonds. The quantitative estimate of drug-likeness (QED) is 0.0261. The third-order valence-corrected chi connectivity index (χ3v) is 14.0. The second-order valence-electron chi connectivity index (χ2n) is 22.0. The molecule has 0 spiro atoms. The molecule has 0 aromatic carbocycles. The molecule has 6 heteroatoms. The molecule has 0 saturated heterocycles. The van der Waals surface area contributed by atoms with Crippen molar-refractivity contribution in [3.05, 3.63) is 146 Å². The predicted octanol–water partition coefficient (Wildman–Crippen LogP) is 23.5. The minimum Gasteiger partial charge on any atom is -0.462 e. The molecule has 0 N–H and O–H groups in total. The lowest BCUT2D eigenvalue weighted by Crippen LogP contribution is -2.30. The van der Waals surface area contributed by atoms with Crippen LogP contribution in [0.15, 0.2) is 146 Å². The SMILES string of the molecule is CC/C=C\C/C=C\C/C=C\C/C=C\C/C=C\C/C=C\C/C=C\CCCCCC(=O)OCC(COC(=O)CCCCCCCCC/C=C\C/C=C\CCCCCC)OC(=O)CCCCCCCC/C=C\C/C=C\C/C=C\CCCCCCC. The highest BCUT2D eigenvalue weighted by atomic mass is 16.6. The van der Waals surface area contributed by atoms with E-state index in [1.54, 1.807) is 0 Å². The van der Waals surface area contributed by atoms with Crippen LogP contribution in [0, 0.1) is 0 Å². The van der Waals surface area contributed by atoms with Crippen molar-refractivity contribution in [1.82, 2.24) is 0 Å². The highest BCUT2D eigenvalue weighted by Gasteiger charge is 2.19. The van der Waals surface area contributed by atoms with Gasteiger partial charge in [0.15, 0.2) is 6.10 Å². The molecule has 464 valence electrons. The number of carbonyl (C=O) groups is 3. The fourth-order valence-corrected chi connectivity index (χ4v) is 8.99. The van der Waals surface area contributed by atoms with Gasteiger partial charge in [-0.2, -0.15) is 0 Å². The standard InChI is InChI=1S/C76H124O6/c1-4-7-10-13-16-19-22-25-28-31-34-36-37-38-39-41-42-45-48-51-54-57-60-63-66-69-75(78)81-72-73(71-80-74(77)68-65-62-59-56-53-50-47-44-33-30-27-24-21-18-15-12-9-6-3)82-76(79)70-67-64-61-58-55-52-49-46-43-40-35-32-29-26-23-20-17-14-11-8-5-2/h7,10,16,19,21,23-26,28,30,32-36,38-39,42-43,45-46,51,54,73H,4-6,8-9,11-15,17-18,20,22,27,29,31,37,40-41,44,47-50,52-53,55-72H2,1-3H3/b10-7-,19-16-,24-21-,26-23-,28-25-,33-30-,35-32-,36-34-,39-38-,45-42-,46-43-,54-51-. The van der Waals surface area contributed by atoms with Crippen LogP contribution in [0.3, 0.4) is 0 Å². The van der Waals surface area contributed by atoms with Gasteiger partial charge in [0.2, 0.25) is 0 Å². The number of allylic oxidation sites excluding steroid dienone is 24. The van der Waals surface area contributed by atoms with Gasteiger partial charge >= 0.3 is 17.9 Å². The number of hydrogen-bond acceptors (Lipinski definition) is 6. The van der Waals surface area contributed by atoms with Crippen molar-refractivity contribution in [3.63, 3.8) is 0 Å². The molecular weight excluding hydrogens is 1010 g/mol. The van der Waals surface area contributed by atoms with Gasteiger partial charge in [-0.25, -0.2) is 0 Å². The summed E-state index contributed by atoms with van der Waals surface area (Å²) >= 11 is 0. The molecule has 0 aromatic rings.